The van der Waals surface area contributed by atoms with Gasteiger partial charge in [0, 0.05) is 12.1 Å². The summed E-state index contributed by atoms with van der Waals surface area (Å²) in [5, 5.41) is 2.30. The van der Waals surface area contributed by atoms with Gasteiger partial charge in [-0.3, -0.25) is 14.4 Å². The van der Waals surface area contributed by atoms with Crippen LogP contribution in [-0.4, -0.2) is 22.6 Å². The number of benzene rings is 4. The van der Waals surface area contributed by atoms with E-state index in [9.17, 15) is 14.4 Å². The molecule has 178 valence electrons. The van der Waals surface area contributed by atoms with Crippen LogP contribution in [0.15, 0.2) is 103 Å². The fourth-order valence-electron chi connectivity index (χ4n) is 4.77. The Labute approximate surface area is 212 Å². The van der Waals surface area contributed by atoms with Crippen LogP contribution in [0.4, 0.5) is 0 Å². The summed E-state index contributed by atoms with van der Waals surface area (Å²) < 4.78 is 0. The first-order valence-corrected chi connectivity index (χ1v) is 13.3. The second-order valence-corrected chi connectivity index (χ2v) is 11.5. The van der Waals surface area contributed by atoms with E-state index >= 15 is 0 Å². The summed E-state index contributed by atoms with van der Waals surface area (Å²) in [6.07, 6.45) is 0.0447. The summed E-state index contributed by atoms with van der Waals surface area (Å²) in [5.41, 5.74) is 3.65. The number of hydrogen-bond donors (Lipinski definition) is 0. The molecule has 0 bridgehead atoms. The lowest BCUT2D eigenvalue weighted by Crippen LogP contribution is -2.37. The number of imide groups is 3. The van der Waals surface area contributed by atoms with Gasteiger partial charge in [0.2, 0.25) is 5.91 Å². The quantitative estimate of drug-likeness (QED) is 0.257. The molecular weight excluding hydrogens is 465 g/mol. The van der Waals surface area contributed by atoms with Crippen molar-refractivity contribution < 1.29 is 14.4 Å². The number of nitrogens with zero attached hydrogens (tertiary/aromatic N) is 1. The molecule has 1 aliphatic rings. The summed E-state index contributed by atoms with van der Waals surface area (Å²) >= 11 is 0. The van der Waals surface area contributed by atoms with E-state index in [1.807, 2.05) is 42.5 Å². The van der Waals surface area contributed by atoms with Gasteiger partial charge in [0.15, 0.2) is 0 Å². The maximum absolute atomic E-state index is 13.7. The Morgan fingerprint density at radius 2 is 1.19 bits per heavy atom. The lowest BCUT2D eigenvalue weighted by Gasteiger charge is -2.30. The molecule has 1 atom stereocenters. The number of fused-ring (bicyclic) bond motifs is 1. The largest absolute Gasteiger partial charge is 0.274 e. The van der Waals surface area contributed by atoms with Crippen molar-refractivity contribution in [3.63, 3.8) is 0 Å². The smallest absolute Gasteiger partial charge is 0.268 e. The Morgan fingerprint density at radius 1 is 0.694 bits per heavy atom. The minimum absolute atomic E-state index is 0.0447. The van der Waals surface area contributed by atoms with Crippen LogP contribution in [-0.2, 0) is 4.79 Å². The molecule has 1 heterocycles. The van der Waals surface area contributed by atoms with Crippen LogP contribution in [0.2, 0.25) is 0 Å². The molecular formula is C31H26NO3P. The van der Waals surface area contributed by atoms with Crippen LogP contribution in [0.3, 0.4) is 0 Å². The van der Waals surface area contributed by atoms with Crippen LogP contribution >= 0.6 is 7.92 Å². The molecule has 0 aliphatic carbocycles. The normalized spacial score (nSPS) is 13.7. The standard InChI is InChI=1S/C31H26NO3P/c1-21-10-8-14-24(18-21)36(25-15-9-11-22(2)19-25)28(23-12-4-3-5-13-23)20-29(33)32-30(34)26-16-6-7-17-27(26)31(32)35/h3-19,28H,20H2,1-2H3/t28-/m1/s1. The van der Waals surface area contributed by atoms with E-state index in [4.69, 9.17) is 0 Å². The first-order chi connectivity index (χ1) is 17.4. The van der Waals surface area contributed by atoms with Gasteiger partial charge in [-0.2, -0.15) is 0 Å². The average Bonchev–Trinajstić information content (AvgIpc) is 3.14. The van der Waals surface area contributed by atoms with Gasteiger partial charge in [-0.25, -0.2) is 4.90 Å². The molecule has 0 saturated heterocycles. The first-order valence-electron chi connectivity index (χ1n) is 11.9. The molecule has 1 aliphatic heterocycles. The zero-order valence-electron chi connectivity index (χ0n) is 20.2. The zero-order valence-corrected chi connectivity index (χ0v) is 21.1. The fourth-order valence-corrected chi connectivity index (χ4v) is 7.78. The van der Waals surface area contributed by atoms with Gasteiger partial charge in [-0.15, -0.1) is 0 Å². The molecule has 4 nitrogen and oxygen atoms in total. The molecule has 0 unspecified atom stereocenters. The van der Waals surface area contributed by atoms with Gasteiger partial charge in [0.05, 0.1) is 11.1 Å². The van der Waals surface area contributed by atoms with Crippen molar-refractivity contribution >= 4 is 36.3 Å². The van der Waals surface area contributed by atoms with Crippen molar-refractivity contribution in [1.29, 1.82) is 0 Å². The highest BCUT2D eigenvalue weighted by Crippen LogP contribution is 2.52. The molecule has 4 aromatic carbocycles. The van der Waals surface area contributed by atoms with Gasteiger partial charge in [-0.1, -0.05) is 102 Å². The maximum atomic E-state index is 13.7. The van der Waals surface area contributed by atoms with Crippen molar-refractivity contribution in [1.82, 2.24) is 4.90 Å². The lowest BCUT2D eigenvalue weighted by molar-refractivity contribution is -0.126. The summed E-state index contributed by atoms with van der Waals surface area (Å²) in [5.74, 6) is -1.55. The minimum atomic E-state index is -1.03. The van der Waals surface area contributed by atoms with Crippen molar-refractivity contribution in [2.75, 3.05) is 0 Å². The fraction of sp³-hybridized carbons (Fsp3) is 0.129. The van der Waals surface area contributed by atoms with Gasteiger partial charge in [-0.05, 0) is 50.1 Å². The second-order valence-electron chi connectivity index (χ2n) is 9.06. The predicted molar refractivity (Wildman–Crippen MR) is 144 cm³/mol. The highest BCUT2D eigenvalue weighted by molar-refractivity contribution is 7.73. The molecule has 0 spiro atoms. The minimum Gasteiger partial charge on any atom is -0.274 e. The maximum Gasteiger partial charge on any atom is 0.268 e. The number of carbonyl (C=O) groups excluding carboxylic acids is 3. The molecule has 0 saturated carbocycles. The van der Waals surface area contributed by atoms with Crippen molar-refractivity contribution in [2.24, 2.45) is 0 Å². The molecule has 0 aromatic heterocycles. The number of hydrogen-bond acceptors (Lipinski definition) is 3. The third-order valence-corrected chi connectivity index (χ3v) is 9.24. The second kappa shape index (κ2) is 10.0. The third kappa shape index (κ3) is 4.53. The number of aryl methyl sites for hydroxylation is 2. The molecule has 5 rings (SSSR count). The van der Waals surface area contributed by atoms with Crippen LogP contribution in [0.1, 0.15) is 49.5 Å². The van der Waals surface area contributed by atoms with E-state index < -0.39 is 25.6 Å². The number of amides is 3. The van der Waals surface area contributed by atoms with Gasteiger partial charge in [0.25, 0.3) is 11.8 Å². The molecule has 0 radical (unpaired) electrons. The van der Waals surface area contributed by atoms with E-state index in [0.717, 1.165) is 32.2 Å². The van der Waals surface area contributed by atoms with Gasteiger partial charge >= 0.3 is 0 Å². The van der Waals surface area contributed by atoms with E-state index in [1.165, 1.54) is 0 Å². The molecule has 4 aromatic rings. The van der Waals surface area contributed by atoms with E-state index in [-0.39, 0.29) is 23.2 Å². The number of carbonyl (C=O) groups is 3. The summed E-state index contributed by atoms with van der Waals surface area (Å²) in [6.45, 7) is 4.13. The Morgan fingerprint density at radius 3 is 1.69 bits per heavy atom. The molecule has 3 amide bonds. The Bertz CT molecular complexity index is 1380. The van der Waals surface area contributed by atoms with Crippen LogP contribution in [0, 0.1) is 13.8 Å². The Balaban J connectivity index is 1.60. The average molecular weight is 492 g/mol. The molecule has 36 heavy (non-hydrogen) atoms. The van der Waals surface area contributed by atoms with Gasteiger partial charge < -0.3 is 0 Å². The third-order valence-electron chi connectivity index (χ3n) is 6.47. The predicted octanol–water partition coefficient (Wildman–Crippen LogP) is 5.69. The highest BCUT2D eigenvalue weighted by Gasteiger charge is 2.41. The lowest BCUT2D eigenvalue weighted by atomic mass is 10.1. The number of rotatable bonds is 6. The van der Waals surface area contributed by atoms with Crippen LogP contribution in [0.25, 0.3) is 0 Å². The van der Waals surface area contributed by atoms with E-state index in [2.05, 4.69) is 50.2 Å². The van der Waals surface area contributed by atoms with Crippen molar-refractivity contribution in [3.8, 4) is 0 Å². The Hall–Kier alpha value is -3.88. The first kappa shape index (κ1) is 23.8. The van der Waals surface area contributed by atoms with E-state index in [1.54, 1.807) is 24.3 Å². The SMILES string of the molecule is Cc1cccc(P(c2cccc(C)c2)[C@H](CC(=O)N2C(=O)c3ccccc3C2=O)c2ccccc2)c1. The van der Waals surface area contributed by atoms with E-state index in [0.29, 0.717) is 0 Å². The van der Waals surface area contributed by atoms with Crippen LogP contribution in [0.5, 0.6) is 0 Å². The van der Waals surface area contributed by atoms with Gasteiger partial charge in [0.1, 0.15) is 0 Å². The Kier molecular flexibility index (Phi) is 6.63. The monoisotopic (exact) mass is 491 g/mol. The molecule has 0 N–H and O–H groups in total. The van der Waals surface area contributed by atoms with Crippen molar-refractivity contribution in [3.05, 3.63) is 131 Å². The highest BCUT2D eigenvalue weighted by atomic mass is 31.1. The zero-order chi connectivity index (χ0) is 25.2. The topological polar surface area (TPSA) is 54.5 Å². The van der Waals surface area contributed by atoms with Crippen LogP contribution < -0.4 is 10.6 Å². The molecule has 5 heteroatoms. The molecule has 0 fully saturated rings. The summed E-state index contributed by atoms with van der Waals surface area (Å²) in [6, 6.07) is 33.4. The summed E-state index contributed by atoms with van der Waals surface area (Å²) in [7, 11) is -1.03. The van der Waals surface area contributed by atoms with Crippen molar-refractivity contribution in [2.45, 2.75) is 25.9 Å². The summed E-state index contributed by atoms with van der Waals surface area (Å²) in [4.78, 5) is 40.7.